The average molecular weight is 262 g/mol. The summed E-state index contributed by atoms with van der Waals surface area (Å²) in [5.74, 6) is 1.75. The Kier molecular flexibility index (Phi) is 3.48. The van der Waals surface area contributed by atoms with E-state index in [2.05, 4.69) is 11.4 Å². The van der Waals surface area contributed by atoms with Crippen LogP contribution in [0.15, 0.2) is 18.2 Å². The minimum atomic E-state index is 0.839. The van der Waals surface area contributed by atoms with Gasteiger partial charge in [0.05, 0.1) is 22.3 Å². The topological polar surface area (TPSA) is 34.1 Å². The molecule has 3 nitrogen and oxygen atoms in total. The molecule has 3 rings (SSSR count). The fraction of sp³-hybridized carbons (Fsp3) is 0.500. The number of fused-ring (bicyclic) bond motifs is 1. The number of benzene rings is 1. The molecule has 4 heteroatoms. The molecular formula is C14H18N2OS. The van der Waals surface area contributed by atoms with Crippen molar-refractivity contribution in [2.75, 3.05) is 20.2 Å². The average Bonchev–Trinajstić information content (AvgIpc) is 3.04. The van der Waals surface area contributed by atoms with Crippen LogP contribution in [0, 0.1) is 5.92 Å². The largest absolute Gasteiger partial charge is 0.497 e. The Labute approximate surface area is 111 Å². The predicted molar refractivity (Wildman–Crippen MR) is 75.5 cm³/mol. The van der Waals surface area contributed by atoms with Gasteiger partial charge in [-0.15, -0.1) is 11.3 Å². The van der Waals surface area contributed by atoms with Gasteiger partial charge in [-0.3, -0.25) is 0 Å². The number of hydrogen-bond acceptors (Lipinski definition) is 4. The first-order valence-electron chi connectivity index (χ1n) is 6.49. The summed E-state index contributed by atoms with van der Waals surface area (Å²) in [5.41, 5.74) is 1.10. The van der Waals surface area contributed by atoms with Crippen molar-refractivity contribution in [2.24, 2.45) is 5.92 Å². The van der Waals surface area contributed by atoms with Crippen LogP contribution < -0.4 is 10.1 Å². The van der Waals surface area contributed by atoms with Gasteiger partial charge in [0.15, 0.2) is 0 Å². The number of hydrogen-bond donors (Lipinski definition) is 1. The summed E-state index contributed by atoms with van der Waals surface area (Å²) in [7, 11) is 1.70. The molecule has 1 aromatic heterocycles. The molecule has 18 heavy (non-hydrogen) atoms. The summed E-state index contributed by atoms with van der Waals surface area (Å²) in [5, 5.41) is 4.67. The van der Waals surface area contributed by atoms with E-state index in [1.165, 1.54) is 35.6 Å². The summed E-state index contributed by atoms with van der Waals surface area (Å²) in [6.07, 6.45) is 3.68. The first-order valence-corrected chi connectivity index (χ1v) is 7.31. The van der Waals surface area contributed by atoms with Crippen molar-refractivity contribution in [2.45, 2.75) is 19.3 Å². The summed E-state index contributed by atoms with van der Waals surface area (Å²) in [4.78, 5) is 4.69. The van der Waals surface area contributed by atoms with Gasteiger partial charge in [0.1, 0.15) is 5.75 Å². The molecule has 1 unspecified atom stereocenters. The van der Waals surface area contributed by atoms with Crippen LogP contribution in [0.3, 0.4) is 0 Å². The Morgan fingerprint density at radius 3 is 3.22 bits per heavy atom. The monoisotopic (exact) mass is 262 g/mol. The number of thiazole rings is 1. The molecule has 96 valence electrons. The quantitative estimate of drug-likeness (QED) is 0.920. The molecule has 0 aliphatic carbocycles. The van der Waals surface area contributed by atoms with E-state index >= 15 is 0 Å². The van der Waals surface area contributed by atoms with Crippen LogP contribution in [0.2, 0.25) is 0 Å². The van der Waals surface area contributed by atoms with Crippen LogP contribution in [0.4, 0.5) is 0 Å². The zero-order valence-corrected chi connectivity index (χ0v) is 11.4. The molecule has 0 spiro atoms. The summed E-state index contributed by atoms with van der Waals surface area (Å²) in [6, 6.07) is 6.10. The highest BCUT2D eigenvalue weighted by atomic mass is 32.1. The fourth-order valence-electron chi connectivity index (χ4n) is 2.47. The lowest BCUT2D eigenvalue weighted by molar-refractivity contribution is 0.415. The highest BCUT2D eigenvalue weighted by Crippen LogP contribution is 2.27. The van der Waals surface area contributed by atoms with Gasteiger partial charge in [0.25, 0.3) is 0 Å². The highest BCUT2D eigenvalue weighted by Gasteiger charge is 2.15. The lowest BCUT2D eigenvalue weighted by Crippen LogP contribution is -2.09. The van der Waals surface area contributed by atoms with Gasteiger partial charge in [0, 0.05) is 0 Å². The number of aryl methyl sites for hydroxylation is 1. The van der Waals surface area contributed by atoms with Gasteiger partial charge in [-0.25, -0.2) is 4.98 Å². The van der Waals surface area contributed by atoms with Crippen LogP contribution in [0.1, 0.15) is 17.8 Å². The second kappa shape index (κ2) is 5.24. The van der Waals surface area contributed by atoms with E-state index < -0.39 is 0 Å². The van der Waals surface area contributed by atoms with Gasteiger partial charge >= 0.3 is 0 Å². The second-order valence-corrected chi connectivity index (χ2v) is 5.95. The van der Waals surface area contributed by atoms with E-state index in [0.717, 1.165) is 23.6 Å². The fourth-order valence-corrected chi connectivity index (χ4v) is 3.49. The molecule has 0 bridgehead atoms. The van der Waals surface area contributed by atoms with E-state index in [1.54, 1.807) is 18.4 Å². The normalized spacial score (nSPS) is 19.5. The molecule has 1 aliphatic heterocycles. The Balaban J connectivity index is 1.72. The zero-order chi connectivity index (χ0) is 12.4. The molecule has 1 aromatic carbocycles. The summed E-state index contributed by atoms with van der Waals surface area (Å²) < 4.78 is 6.47. The van der Waals surface area contributed by atoms with E-state index in [1.807, 2.05) is 12.1 Å². The lowest BCUT2D eigenvalue weighted by atomic mass is 10.0. The third-order valence-corrected chi connectivity index (χ3v) is 4.65. The molecule has 0 saturated carbocycles. The maximum absolute atomic E-state index is 5.24. The van der Waals surface area contributed by atoms with Crippen molar-refractivity contribution in [3.63, 3.8) is 0 Å². The van der Waals surface area contributed by atoms with Crippen LogP contribution in [0.5, 0.6) is 5.75 Å². The van der Waals surface area contributed by atoms with E-state index in [4.69, 9.17) is 9.72 Å². The standard InChI is InChI=1S/C14H18N2OS/c1-17-11-3-4-12-13(8-11)18-14(16-12)5-2-10-6-7-15-9-10/h3-4,8,10,15H,2,5-7,9H2,1H3. The van der Waals surface area contributed by atoms with Crippen molar-refractivity contribution in [3.05, 3.63) is 23.2 Å². The van der Waals surface area contributed by atoms with Crippen molar-refractivity contribution in [3.8, 4) is 5.75 Å². The number of nitrogens with one attached hydrogen (secondary N) is 1. The second-order valence-electron chi connectivity index (χ2n) is 4.84. The van der Waals surface area contributed by atoms with E-state index in [-0.39, 0.29) is 0 Å². The van der Waals surface area contributed by atoms with Crippen LogP contribution in [-0.4, -0.2) is 25.2 Å². The van der Waals surface area contributed by atoms with Crippen LogP contribution in [0.25, 0.3) is 10.2 Å². The maximum atomic E-state index is 5.24. The molecular weight excluding hydrogens is 244 g/mol. The van der Waals surface area contributed by atoms with Crippen LogP contribution >= 0.6 is 11.3 Å². The van der Waals surface area contributed by atoms with Gasteiger partial charge in [-0.05, 0) is 56.5 Å². The van der Waals surface area contributed by atoms with Crippen molar-refractivity contribution < 1.29 is 4.74 Å². The van der Waals surface area contributed by atoms with Crippen molar-refractivity contribution >= 4 is 21.6 Å². The highest BCUT2D eigenvalue weighted by molar-refractivity contribution is 7.18. The smallest absolute Gasteiger partial charge is 0.120 e. The van der Waals surface area contributed by atoms with Gasteiger partial charge in [-0.1, -0.05) is 0 Å². The Hall–Kier alpha value is -1.13. The van der Waals surface area contributed by atoms with Crippen LogP contribution in [-0.2, 0) is 6.42 Å². The minimum absolute atomic E-state index is 0.839. The van der Waals surface area contributed by atoms with Gasteiger partial charge < -0.3 is 10.1 Å². The molecule has 0 radical (unpaired) electrons. The summed E-state index contributed by atoms with van der Waals surface area (Å²) >= 11 is 1.80. The Morgan fingerprint density at radius 2 is 2.44 bits per heavy atom. The molecule has 2 heterocycles. The van der Waals surface area contributed by atoms with Gasteiger partial charge in [-0.2, -0.15) is 0 Å². The zero-order valence-electron chi connectivity index (χ0n) is 10.6. The lowest BCUT2D eigenvalue weighted by Gasteiger charge is -2.04. The number of rotatable bonds is 4. The number of ether oxygens (including phenoxy) is 1. The van der Waals surface area contributed by atoms with Crippen molar-refractivity contribution in [1.29, 1.82) is 0 Å². The van der Waals surface area contributed by atoms with E-state index in [0.29, 0.717) is 0 Å². The van der Waals surface area contributed by atoms with Gasteiger partial charge in [0.2, 0.25) is 0 Å². The number of aromatic nitrogens is 1. The first-order chi connectivity index (χ1) is 8.85. The molecule has 1 aliphatic rings. The molecule has 0 amide bonds. The molecule has 2 aromatic rings. The molecule has 1 N–H and O–H groups in total. The minimum Gasteiger partial charge on any atom is -0.497 e. The predicted octanol–water partition coefficient (Wildman–Crippen LogP) is 2.85. The number of nitrogens with zero attached hydrogens (tertiary/aromatic N) is 1. The third-order valence-electron chi connectivity index (χ3n) is 3.57. The molecule has 1 saturated heterocycles. The third kappa shape index (κ3) is 2.49. The van der Waals surface area contributed by atoms with Crippen molar-refractivity contribution in [1.82, 2.24) is 10.3 Å². The van der Waals surface area contributed by atoms with E-state index in [9.17, 15) is 0 Å². The maximum Gasteiger partial charge on any atom is 0.120 e. The molecule has 1 atom stereocenters. The Morgan fingerprint density at radius 1 is 1.50 bits per heavy atom. The number of methoxy groups -OCH3 is 1. The molecule has 1 fully saturated rings. The Bertz CT molecular complexity index is 532. The summed E-state index contributed by atoms with van der Waals surface area (Å²) in [6.45, 7) is 2.36. The first kappa shape index (κ1) is 11.9. The SMILES string of the molecule is COc1ccc2nc(CCC3CCNC3)sc2c1.